The number of primary amides is 1. The van der Waals surface area contributed by atoms with Crippen LogP contribution in [0.1, 0.15) is 12.5 Å². The molecule has 4 nitrogen and oxygen atoms in total. The molecule has 0 unspecified atom stereocenters. The van der Waals surface area contributed by atoms with Crippen molar-refractivity contribution in [3.05, 3.63) is 51.7 Å². The van der Waals surface area contributed by atoms with Crippen LogP contribution in [0.5, 0.6) is 0 Å². The highest BCUT2D eigenvalue weighted by Crippen LogP contribution is 2.29. The lowest BCUT2D eigenvalue weighted by atomic mass is 10.0. The predicted octanol–water partition coefficient (Wildman–Crippen LogP) is 2.73. The van der Waals surface area contributed by atoms with Crippen molar-refractivity contribution < 1.29 is 4.79 Å². The second-order valence-electron chi connectivity index (χ2n) is 3.98. The van der Waals surface area contributed by atoms with Crippen LogP contribution in [0.4, 0.5) is 0 Å². The minimum atomic E-state index is -0.592. The molecular formula is C13H11Cl2N3O. The number of hydrogen-bond donors (Lipinski definition) is 2. The summed E-state index contributed by atoms with van der Waals surface area (Å²) in [6.07, 6.45) is 3.51. The summed E-state index contributed by atoms with van der Waals surface area (Å²) in [6, 6.07) is 4.86. The highest BCUT2D eigenvalue weighted by molar-refractivity contribution is 6.37. The Kier molecular flexibility index (Phi) is 3.93. The van der Waals surface area contributed by atoms with Crippen LogP contribution in [0, 0.1) is 0 Å². The summed E-state index contributed by atoms with van der Waals surface area (Å²) >= 11 is 11.9. The maximum atomic E-state index is 11.7. The number of rotatable bonds is 2. The van der Waals surface area contributed by atoms with Crippen molar-refractivity contribution in [3.63, 3.8) is 0 Å². The van der Waals surface area contributed by atoms with Gasteiger partial charge in [0.1, 0.15) is 0 Å². The number of amides is 1. The molecule has 0 saturated heterocycles. The standard InChI is InChI=1S/C13H11Cl2N3O/c1-7-2-5-11(18-17-7)12(13(16)19)9-4-3-8(14)6-10(9)15/h2-6,18H,1H3,(H2,16,19)/b12-11-. The number of nitrogens with one attached hydrogen (secondary N) is 1. The Balaban J connectivity index is 2.56. The van der Waals surface area contributed by atoms with Gasteiger partial charge in [-0.3, -0.25) is 10.2 Å². The molecule has 0 bridgehead atoms. The molecule has 0 fully saturated rings. The van der Waals surface area contributed by atoms with Crippen molar-refractivity contribution in [1.82, 2.24) is 5.43 Å². The number of benzene rings is 1. The summed E-state index contributed by atoms with van der Waals surface area (Å²) in [7, 11) is 0. The van der Waals surface area contributed by atoms with E-state index in [2.05, 4.69) is 10.5 Å². The quantitative estimate of drug-likeness (QED) is 0.824. The Morgan fingerprint density at radius 1 is 1.32 bits per heavy atom. The lowest BCUT2D eigenvalue weighted by molar-refractivity contribution is -0.112. The van der Waals surface area contributed by atoms with Gasteiger partial charge in [0.2, 0.25) is 0 Å². The first kappa shape index (κ1) is 13.6. The van der Waals surface area contributed by atoms with E-state index < -0.39 is 5.91 Å². The summed E-state index contributed by atoms with van der Waals surface area (Å²) in [5, 5.41) is 4.88. The lowest BCUT2D eigenvalue weighted by Crippen LogP contribution is -2.21. The first-order valence-electron chi connectivity index (χ1n) is 5.47. The predicted molar refractivity (Wildman–Crippen MR) is 78.0 cm³/mol. The minimum Gasteiger partial charge on any atom is -0.366 e. The summed E-state index contributed by atoms with van der Waals surface area (Å²) in [5.41, 5.74) is 10.3. The van der Waals surface area contributed by atoms with E-state index in [9.17, 15) is 4.79 Å². The van der Waals surface area contributed by atoms with E-state index in [1.165, 1.54) is 0 Å². The van der Waals surface area contributed by atoms with Crippen molar-refractivity contribution in [2.75, 3.05) is 0 Å². The van der Waals surface area contributed by atoms with E-state index in [1.807, 2.05) is 6.92 Å². The van der Waals surface area contributed by atoms with Gasteiger partial charge in [0.05, 0.1) is 22.0 Å². The van der Waals surface area contributed by atoms with Crippen molar-refractivity contribution in [2.24, 2.45) is 10.8 Å². The van der Waals surface area contributed by atoms with Crippen molar-refractivity contribution >= 4 is 40.4 Å². The van der Waals surface area contributed by atoms with Crippen molar-refractivity contribution in [2.45, 2.75) is 6.92 Å². The SMILES string of the molecule is CC1=NN/C(=C(\C(N)=O)c2ccc(Cl)cc2Cl)C=C1. The molecule has 1 aliphatic heterocycles. The number of halogens is 2. The molecule has 0 atom stereocenters. The molecule has 1 heterocycles. The Hall–Kier alpha value is -1.78. The van der Waals surface area contributed by atoms with Gasteiger partial charge >= 0.3 is 0 Å². The number of hydrogen-bond acceptors (Lipinski definition) is 3. The molecule has 0 radical (unpaired) electrons. The summed E-state index contributed by atoms with van der Waals surface area (Å²) in [5.74, 6) is -0.592. The lowest BCUT2D eigenvalue weighted by Gasteiger charge is -2.14. The average molecular weight is 296 g/mol. The first-order chi connectivity index (χ1) is 8.99. The molecular weight excluding hydrogens is 285 g/mol. The fourth-order valence-electron chi connectivity index (χ4n) is 1.67. The van der Waals surface area contributed by atoms with E-state index in [-0.39, 0.29) is 5.57 Å². The first-order valence-corrected chi connectivity index (χ1v) is 6.22. The van der Waals surface area contributed by atoms with Crippen LogP contribution in [0.2, 0.25) is 10.0 Å². The highest BCUT2D eigenvalue weighted by atomic mass is 35.5. The van der Waals surface area contributed by atoms with Gasteiger partial charge in [0.15, 0.2) is 0 Å². The average Bonchev–Trinajstić information content (AvgIpc) is 2.34. The second kappa shape index (κ2) is 5.47. The fourth-order valence-corrected chi connectivity index (χ4v) is 2.17. The van der Waals surface area contributed by atoms with Crippen LogP contribution in [0.25, 0.3) is 5.57 Å². The van der Waals surface area contributed by atoms with Gasteiger partial charge in [-0.2, -0.15) is 5.10 Å². The van der Waals surface area contributed by atoms with Gasteiger partial charge in [0, 0.05) is 10.6 Å². The maximum absolute atomic E-state index is 11.7. The van der Waals surface area contributed by atoms with Crippen LogP contribution in [0.15, 0.2) is 41.1 Å². The molecule has 0 spiro atoms. The van der Waals surface area contributed by atoms with E-state index in [0.29, 0.717) is 21.3 Å². The van der Waals surface area contributed by atoms with E-state index in [1.54, 1.807) is 30.4 Å². The molecule has 3 N–H and O–H groups in total. The normalized spacial score (nSPS) is 16.7. The molecule has 98 valence electrons. The van der Waals surface area contributed by atoms with E-state index >= 15 is 0 Å². The van der Waals surface area contributed by atoms with Crippen LogP contribution >= 0.6 is 23.2 Å². The number of hydrazone groups is 1. The number of allylic oxidation sites excluding steroid dienone is 2. The zero-order valence-electron chi connectivity index (χ0n) is 10.1. The Bertz CT molecular complexity index is 633. The van der Waals surface area contributed by atoms with Gasteiger partial charge in [-0.05, 0) is 31.2 Å². The van der Waals surface area contributed by atoms with Gasteiger partial charge in [-0.1, -0.05) is 29.3 Å². The third-order valence-electron chi connectivity index (χ3n) is 2.56. The van der Waals surface area contributed by atoms with E-state index in [4.69, 9.17) is 28.9 Å². The summed E-state index contributed by atoms with van der Waals surface area (Å²) in [6.45, 7) is 1.83. The van der Waals surface area contributed by atoms with E-state index in [0.717, 1.165) is 5.71 Å². The minimum absolute atomic E-state index is 0.272. The molecule has 6 heteroatoms. The van der Waals surface area contributed by atoms with Crippen LogP contribution < -0.4 is 11.2 Å². The molecule has 1 aliphatic rings. The van der Waals surface area contributed by atoms with Gasteiger partial charge in [-0.25, -0.2) is 0 Å². The van der Waals surface area contributed by atoms with Crippen LogP contribution in [0.3, 0.4) is 0 Å². The number of carbonyl (C=O) groups excluding carboxylic acids is 1. The summed E-state index contributed by atoms with van der Waals surface area (Å²) in [4.78, 5) is 11.7. The monoisotopic (exact) mass is 295 g/mol. The Labute approximate surface area is 120 Å². The number of carbonyl (C=O) groups is 1. The van der Waals surface area contributed by atoms with Gasteiger partial charge in [-0.15, -0.1) is 0 Å². The molecule has 1 aromatic carbocycles. The molecule has 0 aromatic heterocycles. The third-order valence-corrected chi connectivity index (χ3v) is 3.11. The smallest absolute Gasteiger partial charge is 0.251 e. The van der Waals surface area contributed by atoms with Crippen LogP contribution in [-0.2, 0) is 4.79 Å². The molecule has 2 rings (SSSR count). The molecule has 1 amide bonds. The molecule has 19 heavy (non-hydrogen) atoms. The van der Waals surface area contributed by atoms with Crippen LogP contribution in [-0.4, -0.2) is 11.6 Å². The third kappa shape index (κ3) is 2.97. The zero-order valence-corrected chi connectivity index (χ0v) is 11.6. The largest absolute Gasteiger partial charge is 0.366 e. The van der Waals surface area contributed by atoms with Gasteiger partial charge in [0.25, 0.3) is 5.91 Å². The zero-order chi connectivity index (χ0) is 14.0. The summed E-state index contributed by atoms with van der Waals surface area (Å²) < 4.78 is 0. The highest BCUT2D eigenvalue weighted by Gasteiger charge is 2.18. The molecule has 0 saturated carbocycles. The fraction of sp³-hybridized carbons (Fsp3) is 0.0769. The number of nitrogens with two attached hydrogens (primary N) is 1. The molecule has 0 aliphatic carbocycles. The second-order valence-corrected chi connectivity index (χ2v) is 4.82. The van der Waals surface area contributed by atoms with Crippen molar-refractivity contribution in [1.29, 1.82) is 0 Å². The Morgan fingerprint density at radius 2 is 2.05 bits per heavy atom. The Morgan fingerprint density at radius 3 is 2.58 bits per heavy atom. The van der Waals surface area contributed by atoms with Crippen molar-refractivity contribution in [3.8, 4) is 0 Å². The molecule has 1 aromatic rings. The van der Waals surface area contributed by atoms with Gasteiger partial charge < -0.3 is 5.73 Å². The maximum Gasteiger partial charge on any atom is 0.251 e. The number of nitrogens with zero attached hydrogens (tertiary/aromatic N) is 1. The topological polar surface area (TPSA) is 67.5 Å².